The van der Waals surface area contributed by atoms with Gasteiger partial charge in [0, 0.05) is 49.3 Å². The summed E-state index contributed by atoms with van der Waals surface area (Å²) in [6.07, 6.45) is -23.5. The summed E-state index contributed by atoms with van der Waals surface area (Å²) in [7, 11) is -16.6. The summed E-state index contributed by atoms with van der Waals surface area (Å²) < 4.78 is 85.6. The number of nitrogen functional groups attached to an aromatic ring is 1. The number of anilines is 1. The minimum Gasteiger partial charge on any atom is -0.394 e. The molecule has 0 spiro atoms. The van der Waals surface area contributed by atoms with Gasteiger partial charge in [0.25, 0.3) is 0 Å². The average Bonchev–Trinajstić information content (AvgIpc) is 3.93. The van der Waals surface area contributed by atoms with E-state index in [9.17, 15) is 88.5 Å². The number of nitrogens with one attached hydrogen (secondary N) is 3. The van der Waals surface area contributed by atoms with Gasteiger partial charge in [-0.1, -0.05) is 13.8 Å². The maximum atomic E-state index is 12.8. The van der Waals surface area contributed by atoms with Gasteiger partial charge in [-0.05, 0) is 6.42 Å². The standard InChI is InChI=1S/C40H70N11O27P3S/c1-40(2,12-71-81(68,69)78-80(66,67)70-10-19-31(77-79(63,64)65)29(60)37(72-19)51-14-50-23-34(44)48-13-49-35(23)51)33(61)36(62)46-4-3-20(53)45-5-6-82-11-21(54)47-8-17-25(56)27(58)22(43)38(73-17)75-30-16(42)7-15(41)24(55)32(30)76-39-28(59)26(57)18(9-52)74-39/h13-19,22,24-33,37-39,52,55-61H,3-12,41-43H2,1-2H3,(H,45,53)(H,46,62)(H,47,54)(H,66,67)(H,68,69)(H2,44,48,49)(H2,63,64,65)/t15-,16+,17-,18-,19-,22-,24+,25-,26-,27-,28-,29-,30-,31-,32-,33+,37-,38-,39+/m1/s1. The number of phosphoric ester groups is 3. The van der Waals surface area contributed by atoms with Crippen LogP contribution in [0, 0.1) is 5.41 Å². The van der Waals surface area contributed by atoms with Gasteiger partial charge in [0.15, 0.2) is 30.3 Å². The largest absolute Gasteiger partial charge is 0.481 e. The molecule has 0 bridgehead atoms. The Morgan fingerprint density at radius 1 is 0.780 bits per heavy atom. The number of phosphoric acid groups is 3. The Morgan fingerprint density at radius 2 is 1.44 bits per heavy atom. The summed E-state index contributed by atoms with van der Waals surface area (Å²) in [5, 5.41) is 91.7. The highest BCUT2D eigenvalue weighted by Crippen LogP contribution is 2.61. The smallest absolute Gasteiger partial charge is 0.394 e. The number of aromatic nitrogens is 4. The predicted octanol–water partition coefficient (Wildman–Crippen LogP) is -8.34. The molecule has 2 aromatic rings. The van der Waals surface area contributed by atoms with E-state index in [1.807, 2.05) is 0 Å². The van der Waals surface area contributed by atoms with Gasteiger partial charge in [-0.15, -0.1) is 0 Å². The molecule has 3 amide bonds. The second kappa shape index (κ2) is 28.6. The number of carbonyl (C=O) groups excluding carboxylic acids is 3. The molecule has 4 aliphatic rings. The molecular formula is C40H70N11O27P3S. The van der Waals surface area contributed by atoms with E-state index in [1.54, 1.807) is 0 Å². The molecule has 3 aliphatic heterocycles. The monoisotopic (exact) mass is 1260 g/mol. The molecule has 4 fully saturated rings. The number of amides is 3. The number of aliphatic hydroxyl groups excluding tert-OH is 8. The van der Waals surface area contributed by atoms with Crippen molar-refractivity contribution in [2.45, 2.75) is 143 Å². The third kappa shape index (κ3) is 17.5. The molecule has 468 valence electrons. The van der Waals surface area contributed by atoms with Crippen molar-refractivity contribution in [3.63, 3.8) is 0 Å². The van der Waals surface area contributed by atoms with Crippen LogP contribution in [-0.4, -0.2) is 259 Å². The maximum absolute atomic E-state index is 12.8. The first kappa shape index (κ1) is 68.0. The van der Waals surface area contributed by atoms with Gasteiger partial charge in [-0.25, -0.2) is 28.6 Å². The molecule has 0 radical (unpaired) electrons. The number of fused-ring (bicyclic) bond motifs is 1. The van der Waals surface area contributed by atoms with Crippen LogP contribution in [0.3, 0.4) is 0 Å². The van der Waals surface area contributed by atoms with Gasteiger partial charge >= 0.3 is 23.5 Å². The number of nitrogens with two attached hydrogens (primary N) is 4. The normalized spacial score (nSPS) is 34.5. The average molecular weight is 1260 g/mol. The fourth-order valence-corrected chi connectivity index (χ4v) is 12.3. The Bertz CT molecular complexity index is 2640. The first-order valence-electron chi connectivity index (χ1n) is 24.9. The van der Waals surface area contributed by atoms with Gasteiger partial charge < -0.3 is 123 Å². The summed E-state index contributed by atoms with van der Waals surface area (Å²) in [5.74, 6) is -2.15. The lowest BCUT2D eigenvalue weighted by Gasteiger charge is -2.47. The molecule has 6 rings (SSSR count). The van der Waals surface area contributed by atoms with Crippen molar-refractivity contribution >= 4 is 69.9 Å². The van der Waals surface area contributed by atoms with E-state index in [0.29, 0.717) is 0 Å². The SMILES string of the molecule is CC(C)(COP(=O)(O)OP(=O)(O)OC[C@H]1O[C@@H](n2cnc3c(N)ncnc32)[C@H](O)[C@@H]1OP(=O)(O)O)[C@@H](O)C(=O)NCCC(=O)NCCSCC(=O)NC[C@H]1O[C@H](O[C@H]2[C@H](O[C@@H]3O[C@H](CO)[C@@H](O)[C@H]3O)[C@@H](O)[C@H](N)C[C@@H]2N)[C@H](N)[C@@H](O)[C@@H]1O. The summed E-state index contributed by atoms with van der Waals surface area (Å²) >= 11 is 1.09. The van der Waals surface area contributed by atoms with Crippen LogP contribution in [0.5, 0.6) is 0 Å². The highest BCUT2D eigenvalue weighted by molar-refractivity contribution is 7.99. The summed E-state index contributed by atoms with van der Waals surface area (Å²) in [5.41, 5.74) is 22.7. The van der Waals surface area contributed by atoms with E-state index < -0.39 is 183 Å². The number of thioether (sulfide) groups is 1. The number of aliphatic hydroxyl groups is 8. The van der Waals surface area contributed by atoms with Crippen molar-refractivity contribution in [2.75, 3.05) is 56.7 Å². The molecule has 21 atom stereocenters. The quantitative estimate of drug-likeness (QED) is 0.0278. The van der Waals surface area contributed by atoms with Crippen molar-refractivity contribution in [1.29, 1.82) is 0 Å². The van der Waals surface area contributed by atoms with Crippen LogP contribution in [0.1, 0.15) is 32.9 Å². The Kier molecular flexibility index (Phi) is 23.7. The molecule has 5 heterocycles. The number of hydrogen-bond donors (Lipinski definition) is 19. The minimum absolute atomic E-state index is 0.00107. The second-order valence-corrected chi connectivity index (χ2v) is 25.3. The van der Waals surface area contributed by atoms with E-state index >= 15 is 0 Å². The third-order valence-corrected chi connectivity index (χ3v) is 17.3. The molecule has 38 nitrogen and oxygen atoms in total. The number of nitrogens with zero attached hydrogens (tertiary/aromatic N) is 4. The molecule has 3 saturated heterocycles. The van der Waals surface area contributed by atoms with E-state index in [4.69, 9.17) is 55.7 Å². The molecule has 2 aromatic heterocycles. The fraction of sp³-hybridized carbons (Fsp3) is 0.800. The molecule has 42 heteroatoms. The lowest BCUT2D eigenvalue weighted by atomic mass is 9.84. The number of ether oxygens (including phenoxy) is 5. The molecule has 82 heavy (non-hydrogen) atoms. The summed E-state index contributed by atoms with van der Waals surface area (Å²) in [6, 6.07) is -3.27. The summed E-state index contributed by atoms with van der Waals surface area (Å²) in [6.45, 7) is -0.982. The van der Waals surface area contributed by atoms with Crippen molar-refractivity contribution in [2.24, 2.45) is 22.6 Å². The van der Waals surface area contributed by atoms with Crippen molar-refractivity contribution < 1.29 is 130 Å². The van der Waals surface area contributed by atoms with Crippen LogP contribution in [0.4, 0.5) is 5.82 Å². The highest BCUT2D eigenvalue weighted by atomic mass is 32.2. The molecule has 2 unspecified atom stereocenters. The summed E-state index contributed by atoms with van der Waals surface area (Å²) in [4.78, 5) is 89.3. The maximum Gasteiger partial charge on any atom is 0.481 e. The third-order valence-electron chi connectivity index (χ3n) is 13.3. The van der Waals surface area contributed by atoms with Gasteiger partial charge in [0.2, 0.25) is 17.7 Å². The Hall–Kier alpha value is -3.16. The fourth-order valence-electron chi connectivity index (χ4n) is 8.77. The molecule has 1 aliphatic carbocycles. The zero-order chi connectivity index (χ0) is 60.8. The van der Waals surface area contributed by atoms with Gasteiger partial charge in [-0.2, -0.15) is 16.1 Å². The molecule has 23 N–H and O–H groups in total. The number of hydrogen-bond acceptors (Lipinski definition) is 31. The Morgan fingerprint density at radius 3 is 2.11 bits per heavy atom. The van der Waals surface area contributed by atoms with E-state index in [-0.39, 0.29) is 61.0 Å². The Labute approximate surface area is 469 Å². The van der Waals surface area contributed by atoms with Gasteiger partial charge in [0.05, 0.1) is 44.0 Å². The molecular weight excluding hydrogens is 1190 g/mol. The van der Waals surface area contributed by atoms with E-state index in [1.165, 1.54) is 13.8 Å². The van der Waals surface area contributed by atoms with E-state index in [2.05, 4.69) is 39.7 Å². The Balaban J connectivity index is 0.869. The first-order chi connectivity index (χ1) is 38.2. The minimum atomic E-state index is -5.65. The van der Waals surface area contributed by atoms with Crippen LogP contribution in [-0.2, 0) is 69.6 Å². The zero-order valence-corrected chi connectivity index (χ0v) is 47.0. The lowest BCUT2D eigenvalue weighted by molar-refractivity contribution is -0.307. The van der Waals surface area contributed by atoms with Crippen molar-refractivity contribution in [1.82, 2.24) is 35.5 Å². The topological polar surface area (TPSA) is 612 Å². The van der Waals surface area contributed by atoms with Gasteiger partial charge in [-0.3, -0.25) is 32.5 Å². The number of carbonyl (C=O) groups is 3. The van der Waals surface area contributed by atoms with Crippen LogP contribution in [0.25, 0.3) is 11.2 Å². The van der Waals surface area contributed by atoms with Crippen LogP contribution in [0.15, 0.2) is 12.7 Å². The van der Waals surface area contributed by atoms with Crippen molar-refractivity contribution in [3.05, 3.63) is 12.7 Å². The van der Waals surface area contributed by atoms with Crippen LogP contribution < -0.4 is 38.9 Å². The van der Waals surface area contributed by atoms with E-state index in [0.717, 1.165) is 29.0 Å². The zero-order valence-electron chi connectivity index (χ0n) is 43.5. The van der Waals surface area contributed by atoms with Crippen LogP contribution in [0.2, 0.25) is 0 Å². The number of imidazole rings is 1. The van der Waals surface area contributed by atoms with Crippen molar-refractivity contribution in [3.8, 4) is 0 Å². The number of rotatable bonds is 28. The lowest BCUT2D eigenvalue weighted by Crippen LogP contribution is -2.68. The highest BCUT2D eigenvalue weighted by Gasteiger charge is 2.54. The van der Waals surface area contributed by atoms with Crippen LogP contribution >= 0.6 is 35.2 Å². The molecule has 0 aromatic carbocycles. The second-order valence-electron chi connectivity index (χ2n) is 20.0. The molecule has 1 saturated carbocycles. The predicted molar refractivity (Wildman–Crippen MR) is 273 cm³/mol. The first-order valence-corrected chi connectivity index (χ1v) is 30.6. The van der Waals surface area contributed by atoms with Gasteiger partial charge in [0.1, 0.15) is 85.1 Å².